The van der Waals surface area contributed by atoms with Gasteiger partial charge in [-0.3, -0.25) is 0 Å². The fraction of sp³-hybridized carbons (Fsp3) is 0.556. The molecule has 0 bridgehead atoms. The lowest BCUT2D eigenvalue weighted by molar-refractivity contribution is 0.152. The summed E-state index contributed by atoms with van der Waals surface area (Å²) in [6.07, 6.45) is 1.29. The van der Waals surface area contributed by atoms with Crippen LogP contribution in [0.25, 0.3) is 0 Å². The Bertz CT molecular complexity index is 238. The maximum absolute atomic E-state index is 9.20. The molecule has 2 N–H and O–H groups in total. The van der Waals surface area contributed by atoms with Crippen molar-refractivity contribution in [1.82, 2.24) is 15.5 Å². The number of nitrogens with zero attached hydrogens (tertiary/aromatic N) is 2. The van der Waals surface area contributed by atoms with Gasteiger partial charge in [-0.05, 0) is 26.0 Å². The Morgan fingerprint density at radius 3 is 2.85 bits per heavy atom. The molecule has 1 heterocycles. The van der Waals surface area contributed by atoms with Crippen molar-refractivity contribution < 1.29 is 5.11 Å². The second-order valence-corrected chi connectivity index (χ2v) is 3.13. The molecule has 0 aliphatic carbocycles. The van der Waals surface area contributed by atoms with Gasteiger partial charge in [-0.2, -0.15) is 10.2 Å². The van der Waals surface area contributed by atoms with Crippen LogP contribution >= 0.6 is 0 Å². The van der Waals surface area contributed by atoms with Gasteiger partial charge in [0.2, 0.25) is 0 Å². The van der Waals surface area contributed by atoms with Gasteiger partial charge in [0.25, 0.3) is 0 Å². The van der Waals surface area contributed by atoms with Gasteiger partial charge < -0.3 is 10.4 Å². The summed E-state index contributed by atoms with van der Waals surface area (Å²) in [6, 6.07) is 3.81. The molecular formula is C9H15N3O. The number of hydrogen-bond acceptors (Lipinski definition) is 4. The Hall–Kier alpha value is -1.00. The molecule has 0 fully saturated rings. The Morgan fingerprint density at radius 2 is 2.31 bits per heavy atom. The first-order valence-corrected chi connectivity index (χ1v) is 4.38. The van der Waals surface area contributed by atoms with Crippen LogP contribution in [0.4, 0.5) is 0 Å². The molecule has 2 unspecified atom stereocenters. The van der Waals surface area contributed by atoms with Crippen molar-refractivity contribution in [3.63, 3.8) is 0 Å². The van der Waals surface area contributed by atoms with E-state index in [4.69, 9.17) is 0 Å². The van der Waals surface area contributed by atoms with Crippen LogP contribution < -0.4 is 5.32 Å². The van der Waals surface area contributed by atoms with Crippen molar-refractivity contribution in [2.45, 2.75) is 32.5 Å². The number of aromatic nitrogens is 2. The number of hydrogen-bond donors (Lipinski definition) is 2. The molecule has 1 rings (SSSR count). The molecule has 0 aliphatic rings. The van der Waals surface area contributed by atoms with Gasteiger partial charge >= 0.3 is 0 Å². The third-order valence-corrected chi connectivity index (χ3v) is 1.96. The third-order valence-electron chi connectivity index (χ3n) is 1.96. The first-order chi connectivity index (χ1) is 6.20. The molecule has 1 aromatic heterocycles. The van der Waals surface area contributed by atoms with E-state index in [2.05, 4.69) is 15.5 Å². The van der Waals surface area contributed by atoms with Crippen LogP contribution in [-0.2, 0) is 6.54 Å². The molecule has 13 heavy (non-hydrogen) atoms. The third kappa shape index (κ3) is 3.48. The topological polar surface area (TPSA) is 58.0 Å². The van der Waals surface area contributed by atoms with Gasteiger partial charge in [-0.15, -0.1) is 0 Å². The minimum atomic E-state index is -0.350. The summed E-state index contributed by atoms with van der Waals surface area (Å²) in [5.74, 6) is 0. The van der Waals surface area contributed by atoms with Gasteiger partial charge in [-0.25, -0.2) is 0 Å². The van der Waals surface area contributed by atoms with Crippen LogP contribution in [0, 0.1) is 0 Å². The zero-order valence-electron chi connectivity index (χ0n) is 7.94. The van der Waals surface area contributed by atoms with E-state index in [9.17, 15) is 5.11 Å². The molecule has 0 aromatic carbocycles. The van der Waals surface area contributed by atoms with E-state index < -0.39 is 0 Å². The summed E-state index contributed by atoms with van der Waals surface area (Å²) < 4.78 is 0. The maximum Gasteiger partial charge on any atom is 0.0769 e. The van der Waals surface area contributed by atoms with E-state index >= 15 is 0 Å². The Balaban J connectivity index is 2.35. The highest BCUT2D eigenvalue weighted by Crippen LogP contribution is 1.94. The summed E-state index contributed by atoms with van der Waals surface area (Å²) in [7, 11) is 0. The number of rotatable bonds is 4. The number of aliphatic hydroxyl groups is 1. The summed E-state index contributed by atoms with van der Waals surface area (Å²) in [5.41, 5.74) is 0.884. The monoisotopic (exact) mass is 181 g/mol. The van der Waals surface area contributed by atoms with Crippen LogP contribution in [0.5, 0.6) is 0 Å². The highest BCUT2D eigenvalue weighted by Gasteiger charge is 2.07. The Labute approximate surface area is 78.0 Å². The molecule has 4 nitrogen and oxygen atoms in total. The highest BCUT2D eigenvalue weighted by atomic mass is 16.3. The summed E-state index contributed by atoms with van der Waals surface area (Å²) in [5, 5.41) is 20.0. The first kappa shape index (κ1) is 10.1. The predicted octanol–water partition coefficient (Wildman–Crippen LogP) is 0.335. The van der Waals surface area contributed by atoms with Crippen LogP contribution in [0.15, 0.2) is 18.3 Å². The molecule has 0 saturated heterocycles. The van der Waals surface area contributed by atoms with Gasteiger partial charge in [0.1, 0.15) is 0 Å². The van der Waals surface area contributed by atoms with Crippen molar-refractivity contribution in [2.75, 3.05) is 0 Å². The second kappa shape index (κ2) is 4.89. The van der Waals surface area contributed by atoms with E-state index in [-0.39, 0.29) is 12.1 Å². The molecule has 0 spiro atoms. The van der Waals surface area contributed by atoms with Gasteiger partial charge in [0, 0.05) is 18.8 Å². The lowest BCUT2D eigenvalue weighted by atomic mass is 10.2. The highest BCUT2D eigenvalue weighted by molar-refractivity contribution is 4.98. The van der Waals surface area contributed by atoms with Crippen LogP contribution in [0.1, 0.15) is 19.5 Å². The van der Waals surface area contributed by atoms with Crippen molar-refractivity contribution >= 4 is 0 Å². The van der Waals surface area contributed by atoms with Crippen molar-refractivity contribution in [1.29, 1.82) is 0 Å². The second-order valence-electron chi connectivity index (χ2n) is 3.13. The Kier molecular flexibility index (Phi) is 3.79. The minimum absolute atomic E-state index is 0.0713. The Morgan fingerprint density at radius 1 is 1.54 bits per heavy atom. The smallest absolute Gasteiger partial charge is 0.0769 e. The average molecular weight is 181 g/mol. The molecule has 72 valence electrons. The number of nitrogens with one attached hydrogen (secondary N) is 1. The van der Waals surface area contributed by atoms with Gasteiger partial charge in [0.05, 0.1) is 11.8 Å². The maximum atomic E-state index is 9.20. The first-order valence-electron chi connectivity index (χ1n) is 4.38. The molecule has 4 heteroatoms. The summed E-state index contributed by atoms with van der Waals surface area (Å²) >= 11 is 0. The molecule has 0 amide bonds. The summed E-state index contributed by atoms with van der Waals surface area (Å²) in [6.45, 7) is 4.33. The standard InChI is InChI=1S/C9H15N3O/c1-7(8(2)13)10-6-9-4-3-5-11-12-9/h3-5,7-8,10,13H,6H2,1-2H3. The van der Waals surface area contributed by atoms with E-state index in [1.54, 1.807) is 13.1 Å². The average Bonchev–Trinajstić information content (AvgIpc) is 2.15. The van der Waals surface area contributed by atoms with E-state index in [1.165, 1.54) is 0 Å². The summed E-state index contributed by atoms with van der Waals surface area (Å²) in [4.78, 5) is 0. The molecule has 1 aromatic rings. The quantitative estimate of drug-likeness (QED) is 0.703. The zero-order valence-corrected chi connectivity index (χ0v) is 7.94. The van der Waals surface area contributed by atoms with Gasteiger partial charge in [-0.1, -0.05) is 0 Å². The minimum Gasteiger partial charge on any atom is -0.392 e. The fourth-order valence-corrected chi connectivity index (χ4v) is 0.864. The largest absolute Gasteiger partial charge is 0.392 e. The van der Waals surface area contributed by atoms with Crippen LogP contribution in [0.2, 0.25) is 0 Å². The van der Waals surface area contributed by atoms with Crippen molar-refractivity contribution in [3.8, 4) is 0 Å². The SMILES string of the molecule is CC(O)C(C)NCc1cccnn1. The van der Waals surface area contributed by atoms with E-state index in [1.807, 2.05) is 19.1 Å². The van der Waals surface area contributed by atoms with E-state index in [0.29, 0.717) is 6.54 Å². The molecule has 0 radical (unpaired) electrons. The lowest BCUT2D eigenvalue weighted by Gasteiger charge is -2.15. The lowest BCUT2D eigenvalue weighted by Crippen LogP contribution is -2.35. The molecule has 0 saturated carbocycles. The molecule has 2 atom stereocenters. The number of aliphatic hydroxyl groups excluding tert-OH is 1. The van der Waals surface area contributed by atoms with E-state index in [0.717, 1.165) is 5.69 Å². The predicted molar refractivity (Wildman–Crippen MR) is 50.0 cm³/mol. The molecular weight excluding hydrogens is 166 g/mol. The van der Waals surface area contributed by atoms with Gasteiger partial charge in [0.15, 0.2) is 0 Å². The molecule has 0 aliphatic heterocycles. The normalized spacial score (nSPS) is 15.3. The van der Waals surface area contributed by atoms with Crippen molar-refractivity contribution in [2.24, 2.45) is 0 Å². The fourth-order valence-electron chi connectivity index (χ4n) is 0.864. The van der Waals surface area contributed by atoms with Crippen LogP contribution in [0.3, 0.4) is 0 Å². The van der Waals surface area contributed by atoms with Crippen LogP contribution in [-0.4, -0.2) is 27.4 Å². The zero-order chi connectivity index (χ0) is 9.68. The van der Waals surface area contributed by atoms with Crippen molar-refractivity contribution in [3.05, 3.63) is 24.0 Å².